The first-order valence-electron chi connectivity index (χ1n) is 5.88. The smallest absolute Gasteiger partial charge is 0.0825 e. The number of nitrogens with one attached hydrogen (secondary N) is 1. The van der Waals surface area contributed by atoms with Crippen molar-refractivity contribution in [3.05, 3.63) is 0 Å². The quantitative estimate of drug-likeness (QED) is 0.389. The van der Waals surface area contributed by atoms with Crippen LogP contribution in [0.4, 0.5) is 0 Å². The van der Waals surface area contributed by atoms with Crippen LogP contribution in [-0.2, 0) is 9.78 Å². The predicted molar refractivity (Wildman–Crippen MR) is 57.0 cm³/mol. The van der Waals surface area contributed by atoms with Crippen LogP contribution in [-0.4, -0.2) is 26.3 Å². The van der Waals surface area contributed by atoms with Crippen molar-refractivity contribution in [1.29, 1.82) is 0 Å². The van der Waals surface area contributed by atoms with Gasteiger partial charge in [0.15, 0.2) is 0 Å². The van der Waals surface area contributed by atoms with Crippen LogP contribution < -0.4 is 5.32 Å². The van der Waals surface area contributed by atoms with Crippen molar-refractivity contribution < 1.29 is 9.78 Å². The summed E-state index contributed by atoms with van der Waals surface area (Å²) in [6.07, 6.45) is 5.98. The van der Waals surface area contributed by atoms with Crippen molar-refractivity contribution in [2.24, 2.45) is 5.92 Å². The average molecular weight is 201 g/mol. The molecule has 1 aliphatic heterocycles. The summed E-state index contributed by atoms with van der Waals surface area (Å²) in [6.45, 7) is 5.98. The average Bonchev–Trinajstić information content (AvgIpc) is 2.25. The molecule has 0 radical (unpaired) electrons. The van der Waals surface area contributed by atoms with Crippen molar-refractivity contribution >= 4 is 0 Å². The minimum Gasteiger partial charge on any atom is -0.317 e. The van der Waals surface area contributed by atoms with Crippen LogP contribution in [0.2, 0.25) is 0 Å². The summed E-state index contributed by atoms with van der Waals surface area (Å²) in [5, 5.41) is 3.36. The monoisotopic (exact) mass is 201 g/mol. The maximum absolute atomic E-state index is 5.12. The molecule has 0 bridgehead atoms. The summed E-state index contributed by atoms with van der Waals surface area (Å²) >= 11 is 0. The van der Waals surface area contributed by atoms with E-state index in [0.29, 0.717) is 0 Å². The second-order valence-corrected chi connectivity index (χ2v) is 3.98. The maximum atomic E-state index is 5.12. The van der Waals surface area contributed by atoms with Gasteiger partial charge >= 0.3 is 0 Å². The number of hydrogen-bond donors (Lipinski definition) is 1. The van der Waals surface area contributed by atoms with Crippen LogP contribution in [0.15, 0.2) is 0 Å². The molecule has 0 aromatic rings. The highest BCUT2D eigenvalue weighted by Crippen LogP contribution is 2.15. The minimum absolute atomic E-state index is 0.739. The van der Waals surface area contributed by atoms with Gasteiger partial charge < -0.3 is 5.32 Å². The Morgan fingerprint density at radius 1 is 1.14 bits per heavy atom. The van der Waals surface area contributed by atoms with Crippen LogP contribution in [0, 0.1) is 5.92 Å². The third-order valence-corrected chi connectivity index (χ3v) is 2.73. The van der Waals surface area contributed by atoms with Gasteiger partial charge in [-0.2, -0.15) is 0 Å². The van der Waals surface area contributed by atoms with E-state index in [1.165, 1.54) is 25.9 Å². The number of unbranched alkanes of at least 4 members (excludes halogenated alkanes) is 1. The summed E-state index contributed by atoms with van der Waals surface area (Å²) in [5.74, 6) is 0.839. The number of rotatable bonds is 7. The second kappa shape index (κ2) is 8.21. The van der Waals surface area contributed by atoms with E-state index < -0.39 is 0 Å². The highest BCUT2D eigenvalue weighted by atomic mass is 17.2. The Kier molecular flexibility index (Phi) is 7.01. The van der Waals surface area contributed by atoms with Crippen LogP contribution >= 0.6 is 0 Å². The Morgan fingerprint density at radius 2 is 1.86 bits per heavy atom. The molecule has 1 saturated heterocycles. The molecule has 1 rings (SSSR count). The van der Waals surface area contributed by atoms with Crippen LogP contribution in [0.5, 0.6) is 0 Å². The van der Waals surface area contributed by atoms with Crippen molar-refractivity contribution in [2.45, 2.75) is 39.0 Å². The lowest BCUT2D eigenvalue weighted by Crippen LogP contribution is -2.28. The highest BCUT2D eigenvalue weighted by Gasteiger charge is 2.12. The maximum Gasteiger partial charge on any atom is 0.0825 e. The van der Waals surface area contributed by atoms with Gasteiger partial charge in [0.2, 0.25) is 0 Å². The van der Waals surface area contributed by atoms with Crippen LogP contribution in [0.3, 0.4) is 0 Å². The summed E-state index contributed by atoms with van der Waals surface area (Å²) in [6, 6.07) is 0. The fourth-order valence-electron chi connectivity index (χ4n) is 1.71. The molecule has 0 saturated carbocycles. The van der Waals surface area contributed by atoms with E-state index in [4.69, 9.17) is 9.78 Å². The predicted octanol–water partition coefficient (Wildman–Crippen LogP) is 2.12. The molecule has 1 aliphatic rings. The molecule has 0 spiro atoms. The van der Waals surface area contributed by atoms with E-state index in [9.17, 15) is 0 Å². The van der Waals surface area contributed by atoms with Gasteiger partial charge in [-0.05, 0) is 44.7 Å². The Bertz CT molecular complexity index is 124. The first-order chi connectivity index (χ1) is 6.93. The molecular formula is C11H23NO2. The molecule has 1 N–H and O–H groups in total. The van der Waals surface area contributed by atoms with Gasteiger partial charge in [0.25, 0.3) is 0 Å². The van der Waals surface area contributed by atoms with E-state index >= 15 is 0 Å². The Labute approximate surface area is 87.1 Å². The molecule has 1 heterocycles. The summed E-state index contributed by atoms with van der Waals surface area (Å²) < 4.78 is 0. The zero-order valence-corrected chi connectivity index (χ0v) is 9.26. The van der Waals surface area contributed by atoms with Gasteiger partial charge in [0, 0.05) is 0 Å². The minimum atomic E-state index is 0.739. The fraction of sp³-hybridized carbons (Fsp3) is 1.00. The molecule has 3 heteroatoms. The van der Waals surface area contributed by atoms with E-state index in [0.717, 1.165) is 38.4 Å². The molecule has 84 valence electrons. The largest absolute Gasteiger partial charge is 0.317 e. The molecule has 0 amide bonds. The lowest BCUT2D eigenvalue weighted by Gasteiger charge is -2.21. The van der Waals surface area contributed by atoms with Gasteiger partial charge in [-0.25, -0.2) is 9.78 Å². The molecule has 0 aromatic heterocycles. The first-order valence-corrected chi connectivity index (χ1v) is 5.88. The van der Waals surface area contributed by atoms with E-state index in [1.54, 1.807) is 0 Å². The summed E-state index contributed by atoms with van der Waals surface area (Å²) in [4.78, 5) is 10.2. The second-order valence-electron chi connectivity index (χ2n) is 3.98. The third-order valence-electron chi connectivity index (χ3n) is 2.73. The van der Waals surface area contributed by atoms with E-state index in [1.807, 2.05) is 0 Å². The Balaban J connectivity index is 1.82. The Hall–Kier alpha value is -0.120. The zero-order valence-electron chi connectivity index (χ0n) is 9.26. The molecular weight excluding hydrogens is 178 g/mol. The van der Waals surface area contributed by atoms with E-state index in [-0.39, 0.29) is 0 Å². The normalized spacial score (nSPS) is 18.6. The van der Waals surface area contributed by atoms with Crippen molar-refractivity contribution in [1.82, 2.24) is 5.32 Å². The molecule has 3 nitrogen and oxygen atoms in total. The van der Waals surface area contributed by atoms with Crippen molar-refractivity contribution in [2.75, 3.05) is 26.3 Å². The summed E-state index contributed by atoms with van der Waals surface area (Å²) in [7, 11) is 0. The van der Waals surface area contributed by atoms with Gasteiger partial charge in [-0.3, -0.25) is 0 Å². The van der Waals surface area contributed by atoms with Crippen LogP contribution in [0.1, 0.15) is 39.0 Å². The first kappa shape index (κ1) is 12.0. The Morgan fingerprint density at radius 3 is 2.57 bits per heavy atom. The SMILES string of the molecule is CCCCOOCCC1CCNCC1. The van der Waals surface area contributed by atoms with Crippen molar-refractivity contribution in [3.8, 4) is 0 Å². The molecule has 0 unspecified atom stereocenters. The molecule has 14 heavy (non-hydrogen) atoms. The highest BCUT2D eigenvalue weighted by molar-refractivity contribution is 4.67. The standard InChI is InChI=1S/C11H23NO2/c1-2-3-9-13-14-10-6-11-4-7-12-8-5-11/h11-12H,2-10H2,1H3. The van der Waals surface area contributed by atoms with E-state index in [2.05, 4.69) is 12.2 Å². The lowest BCUT2D eigenvalue weighted by atomic mass is 9.95. The van der Waals surface area contributed by atoms with Crippen molar-refractivity contribution in [3.63, 3.8) is 0 Å². The molecule has 0 aromatic carbocycles. The molecule has 0 atom stereocenters. The zero-order chi connectivity index (χ0) is 10.1. The number of piperidine rings is 1. The third kappa shape index (κ3) is 5.58. The lowest BCUT2D eigenvalue weighted by molar-refractivity contribution is -0.296. The number of hydrogen-bond acceptors (Lipinski definition) is 3. The topological polar surface area (TPSA) is 30.5 Å². The fourth-order valence-corrected chi connectivity index (χ4v) is 1.71. The summed E-state index contributed by atoms with van der Waals surface area (Å²) in [5.41, 5.74) is 0. The van der Waals surface area contributed by atoms with Gasteiger partial charge in [-0.1, -0.05) is 13.3 Å². The van der Waals surface area contributed by atoms with Crippen LogP contribution in [0.25, 0.3) is 0 Å². The molecule has 0 aliphatic carbocycles. The molecule has 1 fully saturated rings. The van der Waals surface area contributed by atoms with Gasteiger partial charge in [0.05, 0.1) is 13.2 Å². The van der Waals surface area contributed by atoms with Gasteiger partial charge in [-0.15, -0.1) is 0 Å². The van der Waals surface area contributed by atoms with Gasteiger partial charge in [0.1, 0.15) is 0 Å².